The molecule has 5 heterocycles. The smallest absolute Gasteiger partial charge is 0.362 e. The number of anilines is 1. The summed E-state index contributed by atoms with van der Waals surface area (Å²) >= 11 is 0. The highest BCUT2D eigenvalue weighted by molar-refractivity contribution is 5.66. The quantitative estimate of drug-likeness (QED) is 0.473. The summed E-state index contributed by atoms with van der Waals surface area (Å²) in [4.78, 5) is 14.9. The standard InChI is InChI=1S/C20H18F3N7O2/c1-11-9-29(10-15(31-11)19-26-12(2)28-32-19)18-7-13(5-6-24-18)14-8-25-17-4-3-16(20(21,22)23)27-30(14)17/h3-8,11,15H,9-10H2,1-2H3/t11-,15-/m1/s1. The summed E-state index contributed by atoms with van der Waals surface area (Å²) < 4.78 is 51.8. The largest absolute Gasteiger partial charge is 0.435 e. The molecule has 2 atom stereocenters. The van der Waals surface area contributed by atoms with E-state index in [1.54, 1.807) is 25.3 Å². The Bertz CT molecular complexity index is 1270. The molecule has 12 heteroatoms. The molecule has 0 aliphatic carbocycles. The van der Waals surface area contributed by atoms with E-state index in [0.29, 0.717) is 47.5 Å². The van der Waals surface area contributed by atoms with E-state index in [2.05, 4.69) is 25.2 Å². The van der Waals surface area contributed by atoms with Crippen molar-refractivity contribution in [1.82, 2.24) is 29.7 Å². The van der Waals surface area contributed by atoms with Crippen LogP contribution in [0.4, 0.5) is 19.0 Å². The van der Waals surface area contributed by atoms with E-state index in [-0.39, 0.29) is 6.10 Å². The van der Waals surface area contributed by atoms with Crippen LogP contribution in [0.15, 0.2) is 41.2 Å². The van der Waals surface area contributed by atoms with Gasteiger partial charge in [-0.1, -0.05) is 5.16 Å². The van der Waals surface area contributed by atoms with Crippen LogP contribution in [0, 0.1) is 6.92 Å². The molecule has 0 bridgehead atoms. The maximum atomic E-state index is 13.1. The number of hydrogen-bond acceptors (Lipinski definition) is 8. The molecule has 0 amide bonds. The molecular weight excluding hydrogens is 427 g/mol. The zero-order valence-corrected chi connectivity index (χ0v) is 17.1. The maximum absolute atomic E-state index is 13.1. The van der Waals surface area contributed by atoms with Gasteiger partial charge in [-0.25, -0.2) is 14.5 Å². The summed E-state index contributed by atoms with van der Waals surface area (Å²) in [5.74, 6) is 1.55. The topological polar surface area (TPSA) is 94.5 Å². The molecule has 32 heavy (non-hydrogen) atoms. The Morgan fingerprint density at radius 2 is 1.97 bits per heavy atom. The molecule has 166 valence electrons. The van der Waals surface area contributed by atoms with Crippen molar-refractivity contribution in [2.75, 3.05) is 18.0 Å². The Kier molecular flexibility index (Phi) is 4.81. The van der Waals surface area contributed by atoms with Crippen LogP contribution in [0.3, 0.4) is 0 Å². The van der Waals surface area contributed by atoms with E-state index in [4.69, 9.17) is 9.26 Å². The SMILES string of the molecule is Cc1noc([C@H]2CN(c3cc(-c4cnc5ccc(C(F)(F)F)nn45)ccn3)C[C@@H](C)O2)n1. The van der Waals surface area contributed by atoms with Gasteiger partial charge >= 0.3 is 6.18 Å². The fourth-order valence-electron chi connectivity index (χ4n) is 3.69. The van der Waals surface area contributed by atoms with E-state index >= 15 is 0 Å². The molecule has 0 radical (unpaired) electrons. The normalized spacial score (nSPS) is 19.6. The molecule has 0 aromatic carbocycles. The van der Waals surface area contributed by atoms with Crippen molar-refractivity contribution in [3.63, 3.8) is 0 Å². The molecule has 1 aliphatic rings. The van der Waals surface area contributed by atoms with Crippen LogP contribution < -0.4 is 4.90 Å². The Balaban J connectivity index is 1.48. The fraction of sp³-hybridized carbons (Fsp3) is 0.350. The molecule has 1 saturated heterocycles. The summed E-state index contributed by atoms with van der Waals surface area (Å²) in [6.45, 7) is 4.67. The lowest BCUT2D eigenvalue weighted by molar-refractivity contribution is -0.141. The van der Waals surface area contributed by atoms with Crippen LogP contribution >= 0.6 is 0 Å². The number of aromatic nitrogens is 6. The highest BCUT2D eigenvalue weighted by Gasteiger charge is 2.34. The summed E-state index contributed by atoms with van der Waals surface area (Å²) in [7, 11) is 0. The van der Waals surface area contributed by atoms with Crippen molar-refractivity contribution >= 4 is 11.5 Å². The number of halogens is 3. The van der Waals surface area contributed by atoms with Gasteiger partial charge in [0, 0.05) is 18.3 Å². The Morgan fingerprint density at radius 3 is 2.72 bits per heavy atom. The minimum atomic E-state index is -4.55. The maximum Gasteiger partial charge on any atom is 0.435 e. The van der Waals surface area contributed by atoms with Gasteiger partial charge in [0.2, 0.25) is 0 Å². The number of nitrogens with zero attached hydrogens (tertiary/aromatic N) is 7. The summed E-state index contributed by atoms with van der Waals surface area (Å²) in [6.07, 6.45) is -2.00. The van der Waals surface area contributed by atoms with Crippen molar-refractivity contribution < 1.29 is 22.4 Å². The summed E-state index contributed by atoms with van der Waals surface area (Å²) in [5.41, 5.74) is 0.398. The number of imidazole rings is 1. The van der Waals surface area contributed by atoms with Gasteiger partial charge in [0.1, 0.15) is 5.82 Å². The zero-order chi connectivity index (χ0) is 22.5. The first kappa shape index (κ1) is 20.4. The number of pyridine rings is 1. The monoisotopic (exact) mass is 445 g/mol. The highest BCUT2D eigenvalue weighted by atomic mass is 19.4. The van der Waals surface area contributed by atoms with Gasteiger partial charge in [0.05, 0.1) is 24.5 Å². The van der Waals surface area contributed by atoms with Gasteiger partial charge in [0.15, 0.2) is 23.3 Å². The third-order valence-corrected chi connectivity index (χ3v) is 5.10. The van der Waals surface area contributed by atoms with Crippen LogP contribution in [0.2, 0.25) is 0 Å². The first-order valence-corrected chi connectivity index (χ1v) is 9.87. The zero-order valence-electron chi connectivity index (χ0n) is 17.1. The number of rotatable bonds is 3. The average molecular weight is 445 g/mol. The van der Waals surface area contributed by atoms with Crippen molar-refractivity contribution in [2.45, 2.75) is 32.2 Å². The summed E-state index contributed by atoms with van der Waals surface area (Å²) in [5, 5.41) is 7.56. The molecule has 9 nitrogen and oxygen atoms in total. The predicted octanol–water partition coefficient (Wildman–Crippen LogP) is 3.47. The number of fused-ring (bicyclic) bond motifs is 1. The van der Waals surface area contributed by atoms with E-state index < -0.39 is 18.0 Å². The van der Waals surface area contributed by atoms with Crippen LogP contribution in [-0.4, -0.2) is 48.9 Å². The molecule has 5 rings (SSSR count). The molecule has 4 aromatic heterocycles. The van der Waals surface area contributed by atoms with Crippen LogP contribution in [0.5, 0.6) is 0 Å². The second-order valence-corrected chi connectivity index (χ2v) is 7.55. The number of hydrogen-bond donors (Lipinski definition) is 0. The minimum absolute atomic E-state index is 0.127. The lowest BCUT2D eigenvalue weighted by Gasteiger charge is -2.36. The van der Waals surface area contributed by atoms with Crippen molar-refractivity contribution in [1.29, 1.82) is 0 Å². The second kappa shape index (κ2) is 7.55. The van der Waals surface area contributed by atoms with Crippen molar-refractivity contribution in [3.05, 3.63) is 54.1 Å². The van der Waals surface area contributed by atoms with Crippen LogP contribution in [0.1, 0.15) is 30.4 Å². The molecule has 0 saturated carbocycles. The number of aryl methyl sites for hydroxylation is 1. The summed E-state index contributed by atoms with van der Waals surface area (Å²) in [6, 6.07) is 5.71. The van der Waals surface area contributed by atoms with Gasteiger partial charge in [-0.2, -0.15) is 23.3 Å². The highest BCUT2D eigenvalue weighted by Crippen LogP contribution is 2.31. The number of morpholine rings is 1. The Hall–Kier alpha value is -3.54. The van der Waals surface area contributed by atoms with Crippen LogP contribution in [-0.2, 0) is 10.9 Å². The number of ether oxygens (including phenoxy) is 1. The van der Waals surface area contributed by atoms with Gasteiger partial charge in [-0.3, -0.25) is 0 Å². The first-order chi connectivity index (χ1) is 15.3. The van der Waals surface area contributed by atoms with Crippen molar-refractivity contribution in [2.24, 2.45) is 0 Å². The predicted molar refractivity (Wildman–Crippen MR) is 106 cm³/mol. The van der Waals surface area contributed by atoms with Crippen molar-refractivity contribution in [3.8, 4) is 11.3 Å². The van der Waals surface area contributed by atoms with E-state index in [0.717, 1.165) is 6.07 Å². The minimum Gasteiger partial charge on any atom is -0.362 e. The molecule has 0 spiro atoms. The fourth-order valence-corrected chi connectivity index (χ4v) is 3.69. The lowest BCUT2D eigenvalue weighted by atomic mass is 10.1. The molecule has 0 N–H and O–H groups in total. The molecule has 0 unspecified atom stereocenters. The third kappa shape index (κ3) is 3.77. The van der Waals surface area contributed by atoms with Gasteiger partial charge in [-0.15, -0.1) is 0 Å². The lowest BCUT2D eigenvalue weighted by Crippen LogP contribution is -2.43. The van der Waals surface area contributed by atoms with Gasteiger partial charge in [0.25, 0.3) is 5.89 Å². The first-order valence-electron chi connectivity index (χ1n) is 9.87. The Morgan fingerprint density at radius 1 is 1.12 bits per heavy atom. The molecule has 1 fully saturated rings. The number of alkyl halides is 3. The molecule has 1 aliphatic heterocycles. The van der Waals surface area contributed by atoms with E-state index in [1.165, 1.54) is 16.8 Å². The van der Waals surface area contributed by atoms with E-state index in [9.17, 15) is 13.2 Å². The Labute approximate surface area is 179 Å². The molecule has 4 aromatic rings. The van der Waals surface area contributed by atoms with E-state index in [1.807, 2.05) is 11.8 Å². The van der Waals surface area contributed by atoms with Gasteiger partial charge in [-0.05, 0) is 38.1 Å². The average Bonchev–Trinajstić information content (AvgIpc) is 3.38. The second-order valence-electron chi connectivity index (χ2n) is 7.55. The third-order valence-electron chi connectivity index (χ3n) is 5.10. The molecular formula is C20H18F3N7O2. The van der Waals surface area contributed by atoms with Crippen LogP contribution in [0.25, 0.3) is 16.9 Å². The van der Waals surface area contributed by atoms with Gasteiger partial charge < -0.3 is 14.2 Å².